The van der Waals surface area contributed by atoms with Gasteiger partial charge in [-0.25, -0.2) is 0 Å². The Morgan fingerprint density at radius 1 is 1.29 bits per heavy atom. The highest BCUT2D eigenvalue weighted by molar-refractivity contribution is 9.10. The van der Waals surface area contributed by atoms with E-state index in [0.717, 1.165) is 26.2 Å². The summed E-state index contributed by atoms with van der Waals surface area (Å²) in [5, 5.41) is 3.45. The molecule has 0 aliphatic carbocycles. The molecule has 0 aliphatic heterocycles. The molecule has 4 heteroatoms. The molecule has 0 saturated heterocycles. The van der Waals surface area contributed by atoms with Gasteiger partial charge >= 0.3 is 0 Å². The number of halogens is 1. The SMILES string of the molecule is CCNC(C)c1ccc(N(CCOC)CC(C)C)cc1Br. The topological polar surface area (TPSA) is 24.5 Å². The molecule has 0 bridgehead atoms. The second-order valence-corrected chi connectivity index (χ2v) is 6.67. The van der Waals surface area contributed by atoms with Gasteiger partial charge in [0.1, 0.15) is 0 Å². The van der Waals surface area contributed by atoms with Crippen LogP contribution in [-0.4, -0.2) is 33.4 Å². The van der Waals surface area contributed by atoms with Gasteiger partial charge < -0.3 is 15.0 Å². The predicted molar refractivity (Wildman–Crippen MR) is 95.2 cm³/mol. The Hall–Kier alpha value is -0.580. The molecule has 0 amide bonds. The number of rotatable bonds is 9. The van der Waals surface area contributed by atoms with Crippen molar-refractivity contribution >= 4 is 21.6 Å². The van der Waals surface area contributed by atoms with Gasteiger partial charge in [0.15, 0.2) is 0 Å². The van der Waals surface area contributed by atoms with Crippen LogP contribution in [0, 0.1) is 5.92 Å². The lowest BCUT2D eigenvalue weighted by atomic mass is 10.1. The van der Waals surface area contributed by atoms with Crippen molar-refractivity contribution < 1.29 is 4.74 Å². The van der Waals surface area contributed by atoms with Gasteiger partial charge in [0.25, 0.3) is 0 Å². The summed E-state index contributed by atoms with van der Waals surface area (Å²) in [6, 6.07) is 7.01. The third-order valence-electron chi connectivity index (χ3n) is 3.48. The monoisotopic (exact) mass is 356 g/mol. The highest BCUT2D eigenvalue weighted by Crippen LogP contribution is 2.28. The minimum absolute atomic E-state index is 0.357. The number of nitrogens with one attached hydrogen (secondary N) is 1. The smallest absolute Gasteiger partial charge is 0.0637 e. The highest BCUT2D eigenvalue weighted by Gasteiger charge is 2.13. The van der Waals surface area contributed by atoms with Crippen molar-refractivity contribution in [2.75, 3.05) is 38.3 Å². The standard InChI is InChI=1S/C17H29BrN2O/c1-6-19-14(4)16-8-7-15(11-17(16)18)20(9-10-21-5)12-13(2)3/h7-8,11,13-14,19H,6,9-10,12H2,1-5H3. The van der Waals surface area contributed by atoms with E-state index in [1.54, 1.807) is 7.11 Å². The maximum Gasteiger partial charge on any atom is 0.0637 e. The summed E-state index contributed by atoms with van der Waals surface area (Å²) in [6.07, 6.45) is 0. The zero-order valence-electron chi connectivity index (χ0n) is 13.9. The fourth-order valence-corrected chi connectivity index (χ4v) is 3.16. The first kappa shape index (κ1) is 18.5. The van der Waals surface area contributed by atoms with Crippen LogP contribution >= 0.6 is 15.9 Å². The average molecular weight is 357 g/mol. The van der Waals surface area contributed by atoms with E-state index < -0.39 is 0 Å². The van der Waals surface area contributed by atoms with Crippen molar-refractivity contribution in [1.29, 1.82) is 0 Å². The fourth-order valence-electron chi connectivity index (χ4n) is 2.45. The average Bonchev–Trinajstić information content (AvgIpc) is 2.43. The molecule has 0 aromatic heterocycles. The van der Waals surface area contributed by atoms with E-state index >= 15 is 0 Å². The fraction of sp³-hybridized carbons (Fsp3) is 0.647. The van der Waals surface area contributed by atoms with Crippen LogP contribution in [0.4, 0.5) is 5.69 Å². The number of nitrogens with zero attached hydrogens (tertiary/aromatic N) is 1. The van der Waals surface area contributed by atoms with Crippen LogP contribution in [0.25, 0.3) is 0 Å². The number of anilines is 1. The van der Waals surface area contributed by atoms with Gasteiger partial charge in [-0.15, -0.1) is 0 Å². The Balaban J connectivity index is 2.91. The first-order valence-corrected chi connectivity index (χ1v) is 8.55. The number of hydrogen-bond donors (Lipinski definition) is 1. The van der Waals surface area contributed by atoms with Gasteiger partial charge in [-0.3, -0.25) is 0 Å². The van der Waals surface area contributed by atoms with Crippen LogP contribution in [0.15, 0.2) is 22.7 Å². The second kappa shape index (κ2) is 9.44. The summed E-state index contributed by atoms with van der Waals surface area (Å²) in [5.41, 5.74) is 2.55. The lowest BCUT2D eigenvalue weighted by molar-refractivity contribution is 0.204. The summed E-state index contributed by atoms with van der Waals surface area (Å²) in [5.74, 6) is 0.626. The van der Waals surface area contributed by atoms with Crippen LogP contribution < -0.4 is 10.2 Å². The van der Waals surface area contributed by atoms with E-state index in [4.69, 9.17) is 4.74 Å². The Morgan fingerprint density at radius 2 is 2.00 bits per heavy atom. The minimum atomic E-state index is 0.357. The molecular formula is C17H29BrN2O. The summed E-state index contributed by atoms with van der Waals surface area (Å²) in [4.78, 5) is 2.39. The zero-order chi connectivity index (χ0) is 15.8. The summed E-state index contributed by atoms with van der Waals surface area (Å²) in [6.45, 7) is 12.5. The van der Waals surface area contributed by atoms with E-state index in [1.807, 2.05) is 0 Å². The summed E-state index contributed by atoms with van der Waals surface area (Å²) in [7, 11) is 1.75. The maximum absolute atomic E-state index is 5.24. The Labute approximate surface area is 138 Å². The number of hydrogen-bond acceptors (Lipinski definition) is 3. The minimum Gasteiger partial charge on any atom is -0.383 e. The van der Waals surface area contributed by atoms with Crippen LogP contribution in [0.3, 0.4) is 0 Å². The third kappa shape index (κ3) is 5.97. The van der Waals surface area contributed by atoms with Crippen LogP contribution in [-0.2, 0) is 4.74 Å². The van der Waals surface area contributed by atoms with E-state index in [1.165, 1.54) is 15.7 Å². The predicted octanol–water partition coefficient (Wildman–Crippen LogP) is 4.23. The molecule has 120 valence electrons. The van der Waals surface area contributed by atoms with Crippen LogP contribution in [0.5, 0.6) is 0 Å². The molecule has 1 rings (SSSR count). The van der Waals surface area contributed by atoms with Crippen molar-refractivity contribution in [2.24, 2.45) is 5.92 Å². The molecule has 0 heterocycles. The van der Waals surface area contributed by atoms with Gasteiger partial charge in [-0.2, -0.15) is 0 Å². The molecule has 0 aliphatic rings. The van der Waals surface area contributed by atoms with E-state index in [-0.39, 0.29) is 0 Å². The highest BCUT2D eigenvalue weighted by atomic mass is 79.9. The van der Waals surface area contributed by atoms with Gasteiger partial charge in [0.2, 0.25) is 0 Å². The molecule has 1 unspecified atom stereocenters. The molecular weight excluding hydrogens is 328 g/mol. The summed E-state index contributed by atoms with van der Waals surface area (Å²) >= 11 is 3.72. The molecule has 0 saturated carbocycles. The quantitative estimate of drug-likeness (QED) is 0.716. The first-order valence-electron chi connectivity index (χ1n) is 7.76. The number of methoxy groups -OCH3 is 1. The number of benzene rings is 1. The van der Waals surface area contributed by atoms with Gasteiger partial charge in [0, 0.05) is 36.4 Å². The van der Waals surface area contributed by atoms with Crippen molar-refractivity contribution in [3.63, 3.8) is 0 Å². The second-order valence-electron chi connectivity index (χ2n) is 5.82. The Bertz CT molecular complexity index is 423. The van der Waals surface area contributed by atoms with Crippen molar-refractivity contribution in [2.45, 2.75) is 33.7 Å². The van der Waals surface area contributed by atoms with Crippen LogP contribution in [0.1, 0.15) is 39.3 Å². The summed E-state index contributed by atoms with van der Waals surface area (Å²) < 4.78 is 6.40. The molecule has 0 radical (unpaired) electrons. The Morgan fingerprint density at radius 3 is 2.52 bits per heavy atom. The molecule has 1 N–H and O–H groups in total. The van der Waals surface area contributed by atoms with Gasteiger partial charge in [-0.05, 0) is 37.1 Å². The van der Waals surface area contributed by atoms with E-state index in [9.17, 15) is 0 Å². The third-order valence-corrected chi connectivity index (χ3v) is 4.16. The molecule has 1 aromatic rings. The molecule has 1 atom stereocenters. The van der Waals surface area contributed by atoms with Crippen molar-refractivity contribution in [3.05, 3.63) is 28.2 Å². The maximum atomic E-state index is 5.24. The van der Waals surface area contributed by atoms with Crippen LogP contribution in [0.2, 0.25) is 0 Å². The van der Waals surface area contributed by atoms with Crippen molar-refractivity contribution in [3.8, 4) is 0 Å². The normalized spacial score (nSPS) is 12.7. The molecule has 21 heavy (non-hydrogen) atoms. The molecule has 0 spiro atoms. The first-order chi connectivity index (χ1) is 9.99. The van der Waals surface area contributed by atoms with Crippen molar-refractivity contribution in [1.82, 2.24) is 5.32 Å². The lowest BCUT2D eigenvalue weighted by Gasteiger charge is -2.27. The lowest BCUT2D eigenvalue weighted by Crippen LogP contribution is -2.31. The van der Waals surface area contributed by atoms with E-state index in [0.29, 0.717) is 12.0 Å². The number of ether oxygens (including phenoxy) is 1. The zero-order valence-corrected chi connectivity index (χ0v) is 15.5. The largest absolute Gasteiger partial charge is 0.383 e. The Kier molecular flexibility index (Phi) is 8.30. The molecule has 1 aromatic carbocycles. The molecule has 0 fully saturated rings. The van der Waals surface area contributed by atoms with E-state index in [2.05, 4.69) is 72.0 Å². The molecule has 3 nitrogen and oxygen atoms in total. The van der Waals surface area contributed by atoms with Gasteiger partial charge in [-0.1, -0.05) is 42.8 Å². The van der Waals surface area contributed by atoms with Gasteiger partial charge in [0.05, 0.1) is 6.61 Å².